The average molecular weight is 312 g/mol. The molecule has 1 N–H and O–H groups in total. The van der Waals surface area contributed by atoms with Crippen molar-refractivity contribution < 1.29 is 0 Å². The monoisotopic (exact) mass is 311 g/mol. The number of rotatable bonds is 1. The van der Waals surface area contributed by atoms with Crippen LogP contribution in [0.1, 0.15) is 24.7 Å². The summed E-state index contributed by atoms with van der Waals surface area (Å²) in [5.41, 5.74) is 0. The van der Waals surface area contributed by atoms with Gasteiger partial charge in [-0.25, -0.2) is 9.97 Å². The second-order valence-electron chi connectivity index (χ2n) is 2.91. The minimum Gasteiger partial charge on any atom is -0.307 e. The molecule has 0 aliphatic carbocycles. The quantitative estimate of drug-likeness (QED) is 0.805. The molecule has 2 heterocycles. The number of nitrogens with zero attached hydrogens (tertiary/aromatic N) is 2. The van der Waals surface area contributed by atoms with E-state index in [4.69, 9.17) is 0 Å². The van der Waals surface area contributed by atoms with E-state index in [9.17, 15) is 0 Å². The molecule has 5 heteroatoms. The van der Waals surface area contributed by atoms with Crippen LogP contribution >= 0.6 is 35.0 Å². The average Bonchev–Trinajstić information content (AvgIpc) is 2.58. The molecule has 1 atom stereocenters. The van der Waals surface area contributed by atoms with Crippen molar-refractivity contribution in [1.82, 2.24) is 15.3 Å². The van der Waals surface area contributed by atoms with Crippen molar-refractivity contribution in [2.24, 2.45) is 0 Å². The fourth-order valence-corrected chi connectivity index (χ4v) is 1.69. The van der Waals surface area contributed by atoms with E-state index in [1.807, 2.05) is 12.4 Å². The van der Waals surface area contributed by atoms with Crippen LogP contribution in [-0.2, 0) is 0 Å². The summed E-state index contributed by atoms with van der Waals surface area (Å²) in [6.45, 7) is 1.10. The smallest absolute Gasteiger partial charge is 0.145 e. The van der Waals surface area contributed by atoms with Gasteiger partial charge in [0, 0.05) is 16.0 Å². The van der Waals surface area contributed by atoms with Crippen LogP contribution in [0.15, 0.2) is 12.4 Å². The molecule has 72 valence electrons. The molecule has 2 rings (SSSR count). The molecule has 0 bridgehead atoms. The molecule has 1 aliphatic heterocycles. The number of aromatic nitrogens is 2. The second kappa shape index (κ2) is 5.07. The summed E-state index contributed by atoms with van der Waals surface area (Å²) in [7, 11) is 0. The van der Waals surface area contributed by atoms with Gasteiger partial charge in [0.1, 0.15) is 5.82 Å². The van der Waals surface area contributed by atoms with Crippen LogP contribution < -0.4 is 5.32 Å². The summed E-state index contributed by atoms with van der Waals surface area (Å²) < 4.78 is 1.09. The number of hydrogen-bond donors (Lipinski definition) is 1. The van der Waals surface area contributed by atoms with Gasteiger partial charge < -0.3 is 5.32 Å². The Balaban J connectivity index is 0.000000845. The third-order valence-electron chi connectivity index (χ3n) is 2.01. The first-order valence-electron chi connectivity index (χ1n) is 4.07. The van der Waals surface area contributed by atoms with E-state index in [2.05, 4.69) is 37.9 Å². The van der Waals surface area contributed by atoms with E-state index in [1.54, 1.807) is 0 Å². The molecule has 1 saturated heterocycles. The van der Waals surface area contributed by atoms with E-state index in [1.165, 1.54) is 12.8 Å². The minimum atomic E-state index is 0. The summed E-state index contributed by atoms with van der Waals surface area (Å²) in [6.07, 6.45) is 6.13. The van der Waals surface area contributed by atoms with E-state index in [0.717, 1.165) is 15.9 Å². The van der Waals surface area contributed by atoms with Crippen molar-refractivity contribution in [2.45, 2.75) is 18.9 Å². The first-order chi connectivity index (χ1) is 5.86. The van der Waals surface area contributed by atoms with Gasteiger partial charge in [-0.15, -0.1) is 12.4 Å². The summed E-state index contributed by atoms with van der Waals surface area (Å²) >= 11 is 2.21. The van der Waals surface area contributed by atoms with Crippen LogP contribution in [0.2, 0.25) is 0 Å². The molecular formula is C8H11ClIN3. The molecule has 0 aromatic carbocycles. The van der Waals surface area contributed by atoms with Gasteiger partial charge in [0.25, 0.3) is 0 Å². The van der Waals surface area contributed by atoms with Gasteiger partial charge in [-0.3, -0.25) is 0 Å². The van der Waals surface area contributed by atoms with Gasteiger partial charge in [0.05, 0.1) is 6.04 Å². The maximum Gasteiger partial charge on any atom is 0.145 e. The van der Waals surface area contributed by atoms with E-state index >= 15 is 0 Å². The molecule has 0 amide bonds. The number of halogens is 2. The molecule has 1 aromatic rings. The van der Waals surface area contributed by atoms with Gasteiger partial charge in [-0.2, -0.15) is 0 Å². The van der Waals surface area contributed by atoms with Crippen molar-refractivity contribution >= 4 is 35.0 Å². The third-order valence-corrected chi connectivity index (χ3v) is 2.57. The van der Waals surface area contributed by atoms with Gasteiger partial charge in [-0.1, -0.05) is 0 Å². The van der Waals surface area contributed by atoms with Gasteiger partial charge >= 0.3 is 0 Å². The Labute approximate surface area is 97.3 Å². The Hall–Kier alpha value is 0.0600. The van der Waals surface area contributed by atoms with Crippen LogP contribution in [0.5, 0.6) is 0 Å². The van der Waals surface area contributed by atoms with Gasteiger partial charge in [0.15, 0.2) is 0 Å². The van der Waals surface area contributed by atoms with Crippen LogP contribution in [-0.4, -0.2) is 16.5 Å². The van der Waals surface area contributed by atoms with Crippen molar-refractivity contribution in [3.05, 3.63) is 21.8 Å². The second-order valence-corrected chi connectivity index (χ2v) is 4.15. The predicted molar refractivity (Wildman–Crippen MR) is 62.0 cm³/mol. The highest BCUT2D eigenvalue weighted by molar-refractivity contribution is 14.1. The van der Waals surface area contributed by atoms with Gasteiger partial charge in [-0.05, 0) is 42.0 Å². The zero-order valence-electron chi connectivity index (χ0n) is 7.03. The number of hydrogen-bond acceptors (Lipinski definition) is 3. The van der Waals surface area contributed by atoms with E-state index < -0.39 is 0 Å². The molecular weight excluding hydrogens is 300 g/mol. The van der Waals surface area contributed by atoms with Crippen LogP contribution in [0, 0.1) is 3.57 Å². The third kappa shape index (κ3) is 2.75. The highest BCUT2D eigenvalue weighted by Gasteiger charge is 2.17. The SMILES string of the molecule is Cl.Ic1cnc(C2CCCN2)nc1. The summed E-state index contributed by atoms with van der Waals surface area (Å²) in [6, 6.07) is 0.391. The topological polar surface area (TPSA) is 37.8 Å². The standard InChI is InChI=1S/C8H10IN3.ClH/c9-6-4-11-8(12-5-6)7-2-1-3-10-7;/h4-5,7,10H,1-3H2;1H. The van der Waals surface area contributed by atoms with E-state index in [0.29, 0.717) is 6.04 Å². The van der Waals surface area contributed by atoms with E-state index in [-0.39, 0.29) is 12.4 Å². The highest BCUT2D eigenvalue weighted by Crippen LogP contribution is 2.19. The lowest BCUT2D eigenvalue weighted by molar-refractivity contribution is 0.604. The molecule has 1 fully saturated rings. The Morgan fingerprint density at radius 2 is 2.08 bits per heavy atom. The highest BCUT2D eigenvalue weighted by atomic mass is 127. The van der Waals surface area contributed by atoms with Crippen molar-refractivity contribution in [1.29, 1.82) is 0 Å². The van der Waals surface area contributed by atoms with Crippen molar-refractivity contribution in [3.8, 4) is 0 Å². The fraction of sp³-hybridized carbons (Fsp3) is 0.500. The Kier molecular flexibility index (Phi) is 4.34. The normalized spacial score (nSPS) is 21.2. The lowest BCUT2D eigenvalue weighted by Gasteiger charge is -2.06. The molecule has 3 nitrogen and oxygen atoms in total. The first kappa shape index (κ1) is 11.1. The molecule has 1 aliphatic rings. The Morgan fingerprint density at radius 3 is 2.62 bits per heavy atom. The molecule has 0 spiro atoms. The predicted octanol–water partition coefficient (Wildman–Crippen LogP) is 1.93. The van der Waals surface area contributed by atoms with Crippen LogP contribution in [0.25, 0.3) is 0 Å². The molecule has 0 saturated carbocycles. The summed E-state index contributed by atoms with van der Waals surface area (Å²) in [5, 5.41) is 3.36. The number of nitrogens with one attached hydrogen (secondary N) is 1. The zero-order chi connectivity index (χ0) is 8.39. The largest absolute Gasteiger partial charge is 0.307 e. The molecule has 1 aromatic heterocycles. The fourth-order valence-electron chi connectivity index (χ4n) is 1.41. The molecule has 0 radical (unpaired) electrons. The summed E-state index contributed by atoms with van der Waals surface area (Å²) in [4.78, 5) is 8.56. The first-order valence-corrected chi connectivity index (χ1v) is 5.15. The van der Waals surface area contributed by atoms with Gasteiger partial charge in [0.2, 0.25) is 0 Å². The van der Waals surface area contributed by atoms with Crippen LogP contribution in [0.3, 0.4) is 0 Å². The van der Waals surface area contributed by atoms with Crippen LogP contribution in [0.4, 0.5) is 0 Å². The zero-order valence-corrected chi connectivity index (χ0v) is 10.0. The Morgan fingerprint density at radius 1 is 1.38 bits per heavy atom. The lowest BCUT2D eigenvalue weighted by atomic mass is 10.2. The molecule has 1 unspecified atom stereocenters. The van der Waals surface area contributed by atoms with Crippen molar-refractivity contribution in [2.75, 3.05) is 6.54 Å². The minimum absolute atomic E-state index is 0. The lowest BCUT2D eigenvalue weighted by Crippen LogP contribution is -2.15. The molecule has 13 heavy (non-hydrogen) atoms. The maximum absolute atomic E-state index is 4.28. The summed E-state index contributed by atoms with van der Waals surface area (Å²) in [5.74, 6) is 0.938. The maximum atomic E-state index is 4.28. The Bertz CT molecular complexity index is 259. The van der Waals surface area contributed by atoms with Crippen molar-refractivity contribution in [3.63, 3.8) is 0 Å².